The lowest BCUT2D eigenvalue weighted by Crippen LogP contribution is -2.07. The summed E-state index contributed by atoms with van der Waals surface area (Å²) in [5, 5.41) is 8.62. The van der Waals surface area contributed by atoms with Crippen LogP contribution in [0.4, 0.5) is 0 Å². The van der Waals surface area contributed by atoms with E-state index in [0.717, 1.165) is 29.9 Å². The van der Waals surface area contributed by atoms with E-state index in [9.17, 15) is 4.79 Å². The lowest BCUT2D eigenvalue weighted by molar-refractivity contribution is -0.121. The predicted octanol–water partition coefficient (Wildman–Crippen LogP) is 0.725. The summed E-state index contributed by atoms with van der Waals surface area (Å²) in [6.07, 6.45) is 1.22. The number of hydrogen-bond acceptors (Lipinski definition) is 3. The quantitative estimate of drug-likeness (QED) is 0.767. The van der Waals surface area contributed by atoms with Crippen LogP contribution in [0.25, 0.3) is 0 Å². The summed E-state index contributed by atoms with van der Waals surface area (Å²) >= 11 is 0. The van der Waals surface area contributed by atoms with Gasteiger partial charge in [0.2, 0.25) is 0 Å². The van der Waals surface area contributed by atoms with Gasteiger partial charge in [-0.2, -0.15) is 0 Å². The zero-order chi connectivity index (χ0) is 9.97. The molecule has 2 rings (SSSR count). The van der Waals surface area contributed by atoms with Gasteiger partial charge in [-0.3, -0.25) is 4.79 Å². The number of ether oxygens (including phenoxy) is 1. The molecule has 1 aliphatic rings. The van der Waals surface area contributed by atoms with Crippen molar-refractivity contribution in [2.24, 2.45) is 0 Å². The Bertz CT molecular complexity index is 358. The molecule has 0 bridgehead atoms. The van der Waals surface area contributed by atoms with Gasteiger partial charge in [0.15, 0.2) is 5.78 Å². The number of ketones is 1. The van der Waals surface area contributed by atoms with Crippen LogP contribution in [-0.4, -0.2) is 24.1 Å². The smallest absolute Gasteiger partial charge is 0.162 e. The molecule has 0 aromatic heterocycles. The number of aliphatic hydroxyl groups is 1. The maximum Gasteiger partial charge on any atom is 0.162 e. The van der Waals surface area contributed by atoms with E-state index in [4.69, 9.17) is 9.84 Å². The Kier molecular flexibility index (Phi) is 2.50. The van der Waals surface area contributed by atoms with E-state index in [1.807, 2.05) is 18.2 Å². The summed E-state index contributed by atoms with van der Waals surface area (Å²) in [5.41, 5.74) is 2.11. The Morgan fingerprint density at radius 3 is 3.14 bits per heavy atom. The van der Waals surface area contributed by atoms with Crippen molar-refractivity contribution in [3.05, 3.63) is 29.3 Å². The fourth-order valence-electron chi connectivity index (χ4n) is 1.63. The summed E-state index contributed by atoms with van der Waals surface area (Å²) in [5.74, 6) is 0.772. The zero-order valence-corrected chi connectivity index (χ0v) is 7.82. The number of carbonyl (C=O) groups excluding carboxylic acids is 1. The maximum absolute atomic E-state index is 11.0. The van der Waals surface area contributed by atoms with E-state index in [2.05, 4.69) is 0 Å². The summed E-state index contributed by atoms with van der Waals surface area (Å²) in [7, 11) is 0. The average Bonchev–Trinajstić information content (AvgIpc) is 2.64. The third kappa shape index (κ3) is 1.77. The Hall–Kier alpha value is -1.35. The first kappa shape index (κ1) is 9.21. The van der Waals surface area contributed by atoms with Crippen LogP contribution in [0.15, 0.2) is 18.2 Å². The van der Waals surface area contributed by atoms with Crippen LogP contribution in [0.1, 0.15) is 11.1 Å². The van der Waals surface area contributed by atoms with Gasteiger partial charge < -0.3 is 9.84 Å². The summed E-state index contributed by atoms with van der Waals surface area (Å²) < 4.78 is 5.35. The Morgan fingerprint density at radius 1 is 1.50 bits per heavy atom. The van der Waals surface area contributed by atoms with Crippen LogP contribution in [-0.2, 0) is 17.6 Å². The van der Waals surface area contributed by atoms with Crippen LogP contribution in [0.3, 0.4) is 0 Å². The van der Waals surface area contributed by atoms with E-state index in [0.29, 0.717) is 6.42 Å². The van der Waals surface area contributed by atoms with Crippen molar-refractivity contribution >= 4 is 5.78 Å². The lowest BCUT2D eigenvalue weighted by atomic mass is 10.0. The molecule has 14 heavy (non-hydrogen) atoms. The number of carbonyl (C=O) groups is 1. The van der Waals surface area contributed by atoms with Crippen molar-refractivity contribution in [2.45, 2.75) is 12.8 Å². The highest BCUT2D eigenvalue weighted by Gasteiger charge is 2.12. The number of hydrogen-bond donors (Lipinski definition) is 1. The molecule has 0 fully saturated rings. The SMILES string of the molecule is O=C(CO)Cc1ccc2c(c1)CCO2. The summed E-state index contributed by atoms with van der Waals surface area (Å²) in [4.78, 5) is 11.0. The van der Waals surface area contributed by atoms with Gasteiger partial charge in [-0.05, 0) is 17.2 Å². The second-order valence-corrected chi connectivity index (χ2v) is 3.41. The van der Waals surface area contributed by atoms with Gasteiger partial charge in [0.25, 0.3) is 0 Å². The molecular weight excluding hydrogens is 180 g/mol. The molecule has 0 aliphatic carbocycles. The molecule has 0 amide bonds. The zero-order valence-electron chi connectivity index (χ0n) is 7.82. The van der Waals surface area contributed by atoms with Crippen LogP contribution in [0, 0.1) is 0 Å². The van der Waals surface area contributed by atoms with Crippen LogP contribution >= 0.6 is 0 Å². The predicted molar refractivity (Wildman–Crippen MR) is 51.4 cm³/mol. The molecule has 0 unspecified atom stereocenters. The highest BCUT2D eigenvalue weighted by Crippen LogP contribution is 2.25. The molecular formula is C11H12O3. The third-order valence-corrected chi connectivity index (χ3v) is 2.33. The van der Waals surface area contributed by atoms with Crippen LogP contribution in [0.5, 0.6) is 5.75 Å². The topological polar surface area (TPSA) is 46.5 Å². The van der Waals surface area contributed by atoms with E-state index >= 15 is 0 Å². The molecule has 1 heterocycles. The molecule has 1 aliphatic heterocycles. The van der Waals surface area contributed by atoms with E-state index < -0.39 is 0 Å². The minimum absolute atomic E-state index is 0.149. The van der Waals surface area contributed by atoms with Crippen molar-refractivity contribution in [3.8, 4) is 5.75 Å². The molecule has 1 aromatic rings. The van der Waals surface area contributed by atoms with Gasteiger partial charge in [0, 0.05) is 12.8 Å². The van der Waals surface area contributed by atoms with Gasteiger partial charge in [0.05, 0.1) is 6.61 Å². The first-order chi connectivity index (χ1) is 6.79. The average molecular weight is 192 g/mol. The Labute approximate surface area is 82.3 Å². The summed E-state index contributed by atoms with van der Waals surface area (Å²) in [6, 6.07) is 5.75. The molecule has 0 radical (unpaired) electrons. The Morgan fingerprint density at radius 2 is 2.36 bits per heavy atom. The first-order valence-electron chi connectivity index (χ1n) is 4.67. The second-order valence-electron chi connectivity index (χ2n) is 3.41. The number of rotatable bonds is 3. The van der Waals surface area contributed by atoms with Crippen LogP contribution in [0.2, 0.25) is 0 Å². The molecule has 74 valence electrons. The monoisotopic (exact) mass is 192 g/mol. The van der Waals surface area contributed by atoms with Gasteiger partial charge >= 0.3 is 0 Å². The lowest BCUT2D eigenvalue weighted by Gasteiger charge is -2.02. The Balaban J connectivity index is 2.16. The first-order valence-corrected chi connectivity index (χ1v) is 4.67. The third-order valence-electron chi connectivity index (χ3n) is 2.33. The molecule has 0 saturated heterocycles. The van der Waals surface area contributed by atoms with Gasteiger partial charge in [-0.15, -0.1) is 0 Å². The standard InChI is InChI=1S/C11H12O3/c12-7-10(13)6-8-1-2-11-9(5-8)3-4-14-11/h1-2,5,12H,3-4,6-7H2. The van der Waals surface area contributed by atoms with Crippen molar-refractivity contribution < 1.29 is 14.6 Å². The van der Waals surface area contributed by atoms with Crippen molar-refractivity contribution in [1.82, 2.24) is 0 Å². The normalized spacial score (nSPS) is 13.5. The molecule has 3 nitrogen and oxygen atoms in total. The summed E-state index contributed by atoms with van der Waals surface area (Å²) in [6.45, 7) is 0.348. The van der Waals surface area contributed by atoms with Gasteiger partial charge in [0.1, 0.15) is 12.4 Å². The van der Waals surface area contributed by atoms with Crippen molar-refractivity contribution in [1.29, 1.82) is 0 Å². The van der Waals surface area contributed by atoms with Gasteiger partial charge in [-0.25, -0.2) is 0 Å². The van der Waals surface area contributed by atoms with E-state index in [-0.39, 0.29) is 12.4 Å². The minimum atomic E-state index is -0.381. The molecule has 1 aromatic carbocycles. The maximum atomic E-state index is 11.0. The number of fused-ring (bicyclic) bond motifs is 1. The second kappa shape index (κ2) is 3.80. The highest BCUT2D eigenvalue weighted by atomic mass is 16.5. The minimum Gasteiger partial charge on any atom is -0.493 e. The van der Waals surface area contributed by atoms with Crippen molar-refractivity contribution in [2.75, 3.05) is 13.2 Å². The van der Waals surface area contributed by atoms with Gasteiger partial charge in [-0.1, -0.05) is 12.1 Å². The molecule has 0 atom stereocenters. The molecule has 0 saturated carbocycles. The van der Waals surface area contributed by atoms with E-state index in [1.165, 1.54) is 0 Å². The van der Waals surface area contributed by atoms with Crippen molar-refractivity contribution in [3.63, 3.8) is 0 Å². The molecule has 3 heteroatoms. The number of benzene rings is 1. The highest BCUT2D eigenvalue weighted by molar-refractivity contribution is 5.81. The fourth-order valence-corrected chi connectivity index (χ4v) is 1.63. The molecule has 0 spiro atoms. The molecule has 1 N–H and O–H groups in total. The number of aliphatic hydroxyl groups excluding tert-OH is 1. The van der Waals surface area contributed by atoms with E-state index in [1.54, 1.807) is 0 Å². The fraction of sp³-hybridized carbons (Fsp3) is 0.364. The number of Topliss-reactive ketones (excluding diaryl/α,β-unsaturated/α-hetero) is 1. The largest absolute Gasteiger partial charge is 0.493 e. The van der Waals surface area contributed by atoms with Crippen LogP contribution < -0.4 is 4.74 Å².